The van der Waals surface area contributed by atoms with Gasteiger partial charge in [0.1, 0.15) is 0 Å². The lowest BCUT2D eigenvalue weighted by Gasteiger charge is -2.34. The second-order valence-corrected chi connectivity index (χ2v) is 3.78. The molecule has 2 heterocycles. The van der Waals surface area contributed by atoms with Crippen molar-refractivity contribution in [2.45, 2.75) is 12.5 Å². The summed E-state index contributed by atoms with van der Waals surface area (Å²) in [6.07, 6.45) is 7.37. The summed E-state index contributed by atoms with van der Waals surface area (Å²) < 4.78 is 0. The molecule has 1 aliphatic heterocycles. The molecule has 0 amide bonds. The van der Waals surface area contributed by atoms with Crippen LogP contribution in [-0.2, 0) is 0 Å². The standard InChI is InChI=1S/C11H12N2/c1-2-8(6-12-5-1)10-4-3-9-7-13-11(9)10/h1-2,4-6,9,11,13H,3,7H2/t9-,11+/m0/s1. The Balaban J connectivity index is 1.94. The van der Waals surface area contributed by atoms with Crippen LogP contribution >= 0.6 is 0 Å². The molecule has 1 saturated heterocycles. The maximum absolute atomic E-state index is 4.14. The quantitative estimate of drug-likeness (QED) is 0.693. The molecule has 0 aromatic carbocycles. The van der Waals surface area contributed by atoms with E-state index in [1.807, 2.05) is 18.5 Å². The molecule has 0 unspecified atom stereocenters. The van der Waals surface area contributed by atoms with Crippen molar-refractivity contribution in [1.29, 1.82) is 0 Å². The molecule has 1 aliphatic carbocycles. The summed E-state index contributed by atoms with van der Waals surface area (Å²) in [5.74, 6) is 0.857. The Morgan fingerprint density at radius 3 is 3.08 bits per heavy atom. The summed E-state index contributed by atoms with van der Waals surface area (Å²) in [7, 11) is 0. The molecule has 1 N–H and O–H groups in total. The third-order valence-corrected chi connectivity index (χ3v) is 3.04. The largest absolute Gasteiger partial charge is 0.309 e. The third-order valence-electron chi connectivity index (χ3n) is 3.04. The molecule has 0 bridgehead atoms. The second-order valence-electron chi connectivity index (χ2n) is 3.78. The van der Waals surface area contributed by atoms with Crippen LogP contribution < -0.4 is 5.32 Å². The molecule has 0 radical (unpaired) electrons. The van der Waals surface area contributed by atoms with E-state index in [1.165, 1.54) is 24.1 Å². The van der Waals surface area contributed by atoms with E-state index in [2.05, 4.69) is 22.4 Å². The van der Waals surface area contributed by atoms with Crippen LogP contribution in [0.5, 0.6) is 0 Å². The van der Waals surface area contributed by atoms with Gasteiger partial charge in [-0.3, -0.25) is 4.98 Å². The monoisotopic (exact) mass is 172 g/mol. The molecule has 1 aromatic rings. The van der Waals surface area contributed by atoms with Crippen molar-refractivity contribution in [2.24, 2.45) is 5.92 Å². The summed E-state index contributed by atoms with van der Waals surface area (Å²) in [6.45, 7) is 1.19. The van der Waals surface area contributed by atoms with Crippen molar-refractivity contribution in [3.8, 4) is 0 Å². The van der Waals surface area contributed by atoms with Crippen LogP contribution in [0.2, 0.25) is 0 Å². The number of allylic oxidation sites excluding steroid dienone is 1. The normalized spacial score (nSPS) is 30.6. The molecular weight excluding hydrogens is 160 g/mol. The lowest BCUT2D eigenvalue weighted by atomic mass is 9.89. The fourth-order valence-electron chi connectivity index (χ4n) is 2.22. The smallest absolute Gasteiger partial charge is 0.0367 e. The van der Waals surface area contributed by atoms with Crippen LogP contribution in [0.1, 0.15) is 12.0 Å². The predicted octanol–water partition coefficient (Wildman–Crippen LogP) is 1.46. The highest BCUT2D eigenvalue weighted by molar-refractivity contribution is 5.72. The van der Waals surface area contributed by atoms with E-state index in [1.54, 1.807) is 0 Å². The molecule has 66 valence electrons. The van der Waals surface area contributed by atoms with Gasteiger partial charge in [-0.1, -0.05) is 12.1 Å². The Morgan fingerprint density at radius 2 is 2.46 bits per heavy atom. The number of nitrogens with one attached hydrogen (secondary N) is 1. The van der Waals surface area contributed by atoms with E-state index in [4.69, 9.17) is 0 Å². The minimum Gasteiger partial charge on any atom is -0.309 e. The molecule has 0 saturated carbocycles. The third kappa shape index (κ3) is 1.02. The van der Waals surface area contributed by atoms with E-state index < -0.39 is 0 Å². The molecular formula is C11H12N2. The van der Waals surface area contributed by atoms with E-state index in [9.17, 15) is 0 Å². The van der Waals surface area contributed by atoms with Gasteiger partial charge in [0.2, 0.25) is 0 Å². The first-order valence-electron chi connectivity index (χ1n) is 4.79. The SMILES string of the molecule is C1=C(c2cccnc2)[C@@H]2NC[C@@H]2C1. The first-order chi connectivity index (χ1) is 6.45. The molecule has 1 fully saturated rings. The van der Waals surface area contributed by atoms with Crippen LogP contribution in [0.15, 0.2) is 30.6 Å². The van der Waals surface area contributed by atoms with Gasteiger partial charge >= 0.3 is 0 Å². The predicted molar refractivity (Wildman–Crippen MR) is 52.1 cm³/mol. The first-order valence-corrected chi connectivity index (χ1v) is 4.79. The van der Waals surface area contributed by atoms with E-state index in [0.29, 0.717) is 6.04 Å². The lowest BCUT2D eigenvalue weighted by molar-refractivity contribution is 0.307. The van der Waals surface area contributed by atoms with Crippen LogP contribution in [0.25, 0.3) is 5.57 Å². The molecule has 2 heteroatoms. The topological polar surface area (TPSA) is 24.9 Å². The van der Waals surface area contributed by atoms with Gasteiger partial charge in [0, 0.05) is 25.0 Å². The minimum atomic E-state index is 0.615. The summed E-state index contributed by atoms with van der Waals surface area (Å²) in [6, 6.07) is 4.76. The Hall–Kier alpha value is -1.15. The number of aromatic nitrogens is 1. The lowest BCUT2D eigenvalue weighted by Crippen LogP contribution is -2.50. The van der Waals surface area contributed by atoms with Crippen molar-refractivity contribution >= 4 is 5.57 Å². The highest BCUT2D eigenvalue weighted by Crippen LogP contribution is 2.36. The maximum Gasteiger partial charge on any atom is 0.0367 e. The number of nitrogens with zero attached hydrogens (tertiary/aromatic N) is 1. The number of hydrogen-bond donors (Lipinski definition) is 1. The van der Waals surface area contributed by atoms with Gasteiger partial charge in [-0.25, -0.2) is 0 Å². The van der Waals surface area contributed by atoms with Gasteiger partial charge in [-0.15, -0.1) is 0 Å². The van der Waals surface area contributed by atoms with Gasteiger partial charge in [0.15, 0.2) is 0 Å². The van der Waals surface area contributed by atoms with Crippen LogP contribution in [0.3, 0.4) is 0 Å². The Kier molecular flexibility index (Phi) is 1.49. The van der Waals surface area contributed by atoms with Crippen molar-refractivity contribution in [3.05, 3.63) is 36.2 Å². The fourth-order valence-corrected chi connectivity index (χ4v) is 2.22. The van der Waals surface area contributed by atoms with Gasteiger partial charge in [-0.05, 0) is 29.5 Å². The molecule has 1 aromatic heterocycles. The summed E-state index contributed by atoms with van der Waals surface area (Å²) in [4.78, 5) is 4.14. The second kappa shape index (κ2) is 2.67. The highest BCUT2D eigenvalue weighted by atomic mass is 15.0. The number of fused-ring (bicyclic) bond motifs is 1. The van der Waals surface area contributed by atoms with E-state index in [0.717, 1.165) is 5.92 Å². The molecule has 13 heavy (non-hydrogen) atoms. The van der Waals surface area contributed by atoms with Crippen LogP contribution in [0.4, 0.5) is 0 Å². The fraction of sp³-hybridized carbons (Fsp3) is 0.364. The number of pyridine rings is 1. The first kappa shape index (κ1) is 7.27. The van der Waals surface area contributed by atoms with Gasteiger partial charge in [0.05, 0.1) is 0 Å². The van der Waals surface area contributed by atoms with Gasteiger partial charge in [0.25, 0.3) is 0 Å². The average Bonchev–Trinajstić information content (AvgIpc) is 2.43. The zero-order chi connectivity index (χ0) is 8.67. The van der Waals surface area contributed by atoms with Crippen molar-refractivity contribution < 1.29 is 0 Å². The molecule has 3 rings (SSSR count). The van der Waals surface area contributed by atoms with Crippen molar-refractivity contribution in [2.75, 3.05) is 6.54 Å². The molecule has 0 spiro atoms. The van der Waals surface area contributed by atoms with E-state index in [-0.39, 0.29) is 0 Å². The zero-order valence-corrected chi connectivity index (χ0v) is 7.40. The van der Waals surface area contributed by atoms with Crippen LogP contribution in [-0.4, -0.2) is 17.6 Å². The Labute approximate surface area is 77.7 Å². The molecule has 2 atom stereocenters. The zero-order valence-electron chi connectivity index (χ0n) is 7.40. The average molecular weight is 172 g/mol. The summed E-state index contributed by atoms with van der Waals surface area (Å²) >= 11 is 0. The van der Waals surface area contributed by atoms with Crippen molar-refractivity contribution in [1.82, 2.24) is 10.3 Å². The maximum atomic E-state index is 4.14. The minimum absolute atomic E-state index is 0.615. The summed E-state index contributed by atoms with van der Waals surface area (Å²) in [5.41, 5.74) is 2.73. The van der Waals surface area contributed by atoms with Gasteiger partial charge < -0.3 is 5.32 Å². The number of rotatable bonds is 1. The molecule has 2 nitrogen and oxygen atoms in total. The summed E-state index contributed by atoms with van der Waals surface area (Å²) in [5, 5.41) is 3.46. The van der Waals surface area contributed by atoms with E-state index >= 15 is 0 Å². The highest BCUT2D eigenvalue weighted by Gasteiger charge is 2.36. The van der Waals surface area contributed by atoms with Crippen molar-refractivity contribution in [3.63, 3.8) is 0 Å². The van der Waals surface area contributed by atoms with Crippen LogP contribution in [0, 0.1) is 5.92 Å². The Bertz CT molecular complexity index is 342. The van der Waals surface area contributed by atoms with Gasteiger partial charge in [-0.2, -0.15) is 0 Å². The number of hydrogen-bond acceptors (Lipinski definition) is 2. The Morgan fingerprint density at radius 1 is 1.46 bits per heavy atom. The molecule has 2 aliphatic rings.